The van der Waals surface area contributed by atoms with Gasteiger partial charge in [-0.25, -0.2) is 0 Å². The highest BCUT2D eigenvalue weighted by Crippen LogP contribution is 2.18. The minimum absolute atomic E-state index is 0.119. The molecule has 0 fully saturated rings. The molecule has 0 bridgehead atoms. The highest BCUT2D eigenvalue weighted by Gasteiger charge is 2.04. The van der Waals surface area contributed by atoms with Crippen molar-refractivity contribution in [3.8, 4) is 5.75 Å². The molecule has 0 aliphatic heterocycles. The molecule has 0 aliphatic rings. The summed E-state index contributed by atoms with van der Waals surface area (Å²) in [4.78, 5) is 11.9. The number of carbonyl (C=O) groups is 1. The number of carbonyl (C=O) groups excluding carboxylic acids is 1. The molecule has 1 heterocycles. The molecule has 2 N–H and O–H groups in total. The van der Waals surface area contributed by atoms with Gasteiger partial charge in [-0.3, -0.25) is 4.79 Å². The molecule has 5 nitrogen and oxygen atoms in total. The quantitative estimate of drug-likeness (QED) is 0.622. The van der Waals surface area contributed by atoms with Crippen LogP contribution in [-0.2, 0) is 17.9 Å². The fourth-order valence-electron chi connectivity index (χ4n) is 2.30. The van der Waals surface area contributed by atoms with Gasteiger partial charge < -0.3 is 19.8 Å². The topological polar surface area (TPSA) is 63.5 Å². The third kappa shape index (κ3) is 5.65. The first kappa shape index (κ1) is 18.0. The van der Waals surface area contributed by atoms with Crippen LogP contribution in [0.2, 0.25) is 5.02 Å². The number of hydrogen-bond acceptors (Lipinski definition) is 4. The van der Waals surface area contributed by atoms with Gasteiger partial charge in [-0.1, -0.05) is 23.7 Å². The molecule has 134 valence electrons. The van der Waals surface area contributed by atoms with E-state index >= 15 is 0 Å². The number of halogens is 1. The molecule has 6 heteroatoms. The number of furan rings is 1. The van der Waals surface area contributed by atoms with Crippen LogP contribution < -0.4 is 15.4 Å². The van der Waals surface area contributed by atoms with Crippen LogP contribution >= 0.6 is 11.6 Å². The average molecular weight is 371 g/mol. The van der Waals surface area contributed by atoms with Crippen LogP contribution in [0.5, 0.6) is 5.75 Å². The van der Waals surface area contributed by atoms with E-state index in [0.29, 0.717) is 23.9 Å². The number of anilines is 1. The van der Waals surface area contributed by atoms with E-state index in [0.717, 1.165) is 17.1 Å². The molecular formula is C20H19ClN2O3. The fourth-order valence-corrected chi connectivity index (χ4v) is 2.43. The largest absolute Gasteiger partial charge is 0.489 e. The lowest BCUT2D eigenvalue weighted by atomic mass is 10.2. The summed E-state index contributed by atoms with van der Waals surface area (Å²) in [6, 6.07) is 18.4. The van der Waals surface area contributed by atoms with Gasteiger partial charge in [0.05, 0.1) is 19.4 Å². The standard InChI is InChI=1S/C20H19ClN2O3/c21-16-5-3-15(4-6-16)14-26-18-9-7-17(8-10-18)23-20(24)13-22-12-19-2-1-11-25-19/h1-11,22H,12-14H2,(H,23,24). The summed E-state index contributed by atoms with van der Waals surface area (Å²) in [5.41, 5.74) is 1.75. The monoisotopic (exact) mass is 370 g/mol. The summed E-state index contributed by atoms with van der Waals surface area (Å²) in [7, 11) is 0. The summed E-state index contributed by atoms with van der Waals surface area (Å²) in [5, 5.41) is 6.55. The number of hydrogen-bond donors (Lipinski definition) is 2. The number of ether oxygens (including phenoxy) is 1. The Kier molecular flexibility index (Phi) is 6.30. The van der Waals surface area contributed by atoms with Crippen molar-refractivity contribution in [1.82, 2.24) is 5.32 Å². The van der Waals surface area contributed by atoms with E-state index in [-0.39, 0.29) is 12.5 Å². The van der Waals surface area contributed by atoms with Gasteiger partial charge in [0, 0.05) is 10.7 Å². The molecule has 1 aromatic heterocycles. The van der Waals surface area contributed by atoms with E-state index in [9.17, 15) is 4.79 Å². The summed E-state index contributed by atoms with van der Waals surface area (Å²) >= 11 is 5.86. The summed E-state index contributed by atoms with van der Waals surface area (Å²) < 4.78 is 10.9. The highest BCUT2D eigenvalue weighted by atomic mass is 35.5. The smallest absolute Gasteiger partial charge is 0.238 e. The van der Waals surface area contributed by atoms with Crippen molar-refractivity contribution in [3.05, 3.63) is 83.3 Å². The highest BCUT2D eigenvalue weighted by molar-refractivity contribution is 6.30. The minimum Gasteiger partial charge on any atom is -0.489 e. The van der Waals surface area contributed by atoms with Crippen LogP contribution in [0.4, 0.5) is 5.69 Å². The van der Waals surface area contributed by atoms with Gasteiger partial charge in [0.25, 0.3) is 0 Å². The van der Waals surface area contributed by atoms with E-state index < -0.39 is 0 Å². The molecule has 0 saturated carbocycles. The van der Waals surface area contributed by atoms with Crippen LogP contribution in [0, 0.1) is 0 Å². The molecule has 1 amide bonds. The molecule has 26 heavy (non-hydrogen) atoms. The van der Waals surface area contributed by atoms with E-state index in [1.807, 2.05) is 60.7 Å². The molecule has 3 rings (SSSR count). The Morgan fingerprint density at radius 2 is 1.81 bits per heavy atom. The van der Waals surface area contributed by atoms with Crippen LogP contribution in [0.25, 0.3) is 0 Å². The number of amides is 1. The zero-order valence-corrected chi connectivity index (χ0v) is 14.8. The maximum Gasteiger partial charge on any atom is 0.238 e. The Hall–Kier alpha value is -2.76. The second kappa shape index (κ2) is 9.08. The van der Waals surface area contributed by atoms with Gasteiger partial charge in [0.2, 0.25) is 5.91 Å². The van der Waals surface area contributed by atoms with Crippen molar-refractivity contribution in [2.75, 3.05) is 11.9 Å². The van der Waals surface area contributed by atoms with Crippen molar-refractivity contribution in [1.29, 1.82) is 0 Å². The molecule has 0 unspecified atom stereocenters. The van der Waals surface area contributed by atoms with Gasteiger partial charge in [-0.15, -0.1) is 0 Å². The number of rotatable bonds is 8. The molecule has 0 radical (unpaired) electrons. The summed E-state index contributed by atoms with van der Waals surface area (Å²) in [6.45, 7) is 1.17. The maximum atomic E-state index is 11.9. The van der Waals surface area contributed by atoms with Crippen LogP contribution in [0.15, 0.2) is 71.3 Å². The van der Waals surface area contributed by atoms with E-state index in [2.05, 4.69) is 10.6 Å². The van der Waals surface area contributed by atoms with Crippen molar-refractivity contribution in [2.24, 2.45) is 0 Å². The zero-order chi connectivity index (χ0) is 18.2. The first-order valence-corrected chi connectivity index (χ1v) is 8.57. The van der Waals surface area contributed by atoms with Crippen molar-refractivity contribution < 1.29 is 13.9 Å². The predicted molar refractivity (Wildman–Crippen MR) is 101 cm³/mol. The fraction of sp³-hybridized carbons (Fsp3) is 0.150. The minimum atomic E-state index is -0.119. The number of benzene rings is 2. The molecule has 0 aliphatic carbocycles. The second-order valence-corrected chi connectivity index (χ2v) is 6.11. The van der Waals surface area contributed by atoms with Gasteiger partial charge in [-0.05, 0) is 54.1 Å². The first-order valence-electron chi connectivity index (χ1n) is 8.19. The lowest BCUT2D eigenvalue weighted by Crippen LogP contribution is -2.27. The van der Waals surface area contributed by atoms with Crippen molar-refractivity contribution >= 4 is 23.2 Å². The van der Waals surface area contributed by atoms with Gasteiger partial charge in [0.15, 0.2) is 0 Å². The molecular weight excluding hydrogens is 352 g/mol. The average Bonchev–Trinajstić information content (AvgIpc) is 3.16. The molecule has 2 aromatic carbocycles. The molecule has 0 spiro atoms. The van der Waals surface area contributed by atoms with Gasteiger partial charge in [-0.2, -0.15) is 0 Å². The van der Waals surface area contributed by atoms with Crippen molar-refractivity contribution in [3.63, 3.8) is 0 Å². The van der Waals surface area contributed by atoms with Crippen LogP contribution in [-0.4, -0.2) is 12.5 Å². The first-order chi connectivity index (χ1) is 12.7. The normalized spacial score (nSPS) is 10.5. The van der Waals surface area contributed by atoms with E-state index in [1.165, 1.54) is 0 Å². The van der Waals surface area contributed by atoms with Crippen LogP contribution in [0.3, 0.4) is 0 Å². The Bertz CT molecular complexity index is 815. The lowest BCUT2D eigenvalue weighted by Gasteiger charge is -2.09. The predicted octanol–water partition coefficient (Wildman–Crippen LogP) is 4.24. The van der Waals surface area contributed by atoms with E-state index in [4.69, 9.17) is 20.8 Å². The zero-order valence-electron chi connectivity index (χ0n) is 14.1. The van der Waals surface area contributed by atoms with E-state index in [1.54, 1.807) is 6.26 Å². The van der Waals surface area contributed by atoms with Crippen molar-refractivity contribution in [2.45, 2.75) is 13.2 Å². The molecule has 3 aromatic rings. The molecule has 0 saturated heterocycles. The third-order valence-electron chi connectivity index (χ3n) is 3.62. The Morgan fingerprint density at radius 3 is 2.50 bits per heavy atom. The number of nitrogens with one attached hydrogen (secondary N) is 2. The molecule has 0 atom stereocenters. The Morgan fingerprint density at radius 1 is 1.04 bits per heavy atom. The SMILES string of the molecule is O=C(CNCc1ccco1)Nc1ccc(OCc2ccc(Cl)cc2)cc1. The van der Waals surface area contributed by atoms with Gasteiger partial charge >= 0.3 is 0 Å². The third-order valence-corrected chi connectivity index (χ3v) is 3.87. The summed E-state index contributed by atoms with van der Waals surface area (Å²) in [5.74, 6) is 1.40. The lowest BCUT2D eigenvalue weighted by molar-refractivity contribution is -0.115. The Balaban J connectivity index is 1.41. The van der Waals surface area contributed by atoms with Crippen LogP contribution in [0.1, 0.15) is 11.3 Å². The Labute approximate surface area is 156 Å². The maximum absolute atomic E-state index is 11.9. The second-order valence-electron chi connectivity index (χ2n) is 5.67. The van der Waals surface area contributed by atoms with Gasteiger partial charge in [0.1, 0.15) is 18.1 Å². The summed E-state index contributed by atoms with van der Waals surface area (Å²) in [6.07, 6.45) is 1.60.